The van der Waals surface area contributed by atoms with Crippen LogP contribution in [0.15, 0.2) is 49.1 Å². The predicted octanol–water partition coefficient (Wildman–Crippen LogP) is 3.95. The van der Waals surface area contributed by atoms with Gasteiger partial charge in [-0.1, -0.05) is 20.8 Å². The van der Waals surface area contributed by atoms with Crippen LogP contribution in [0.3, 0.4) is 0 Å². The van der Waals surface area contributed by atoms with Gasteiger partial charge in [0, 0.05) is 63.2 Å². The van der Waals surface area contributed by atoms with Gasteiger partial charge < -0.3 is 25.6 Å². The molecule has 12 nitrogen and oxygen atoms in total. The fourth-order valence-corrected chi connectivity index (χ4v) is 4.07. The minimum absolute atomic E-state index is 0.0143. The van der Waals surface area contributed by atoms with E-state index in [2.05, 4.69) is 40.9 Å². The van der Waals surface area contributed by atoms with E-state index in [1.807, 2.05) is 20.8 Å². The normalized spacial score (nSPS) is 13.7. The number of carbonyl (C=O) groups excluding carboxylic acids is 1. The number of hydrogen-bond donors (Lipinski definition) is 3. The van der Waals surface area contributed by atoms with Gasteiger partial charge in [-0.15, -0.1) is 0 Å². The van der Waals surface area contributed by atoms with Crippen molar-refractivity contribution in [2.75, 3.05) is 41.7 Å². The highest BCUT2D eigenvalue weighted by atomic mass is 19.1. The number of nitrogens with one attached hydrogen (secondary N) is 3. The number of benzene rings is 1. The van der Waals surface area contributed by atoms with Crippen molar-refractivity contribution in [3.63, 3.8) is 0 Å². The number of halogens is 1. The van der Waals surface area contributed by atoms with E-state index in [1.54, 1.807) is 42.6 Å². The largest absolute Gasteiger partial charge is 0.439 e. The molecule has 1 aromatic carbocycles. The Balaban J connectivity index is 1.28. The van der Waals surface area contributed by atoms with Crippen LogP contribution in [0.2, 0.25) is 0 Å². The molecule has 40 heavy (non-hydrogen) atoms. The van der Waals surface area contributed by atoms with Crippen molar-refractivity contribution in [3.05, 3.63) is 60.7 Å². The molecule has 1 fully saturated rings. The van der Waals surface area contributed by atoms with Crippen LogP contribution in [0.5, 0.6) is 11.6 Å². The summed E-state index contributed by atoms with van der Waals surface area (Å²) >= 11 is 0. The molecule has 1 saturated heterocycles. The highest BCUT2D eigenvalue weighted by molar-refractivity contribution is 6.01. The maximum atomic E-state index is 14.9. The molecule has 13 heteroatoms. The first kappa shape index (κ1) is 26.9. The molecule has 4 aromatic rings. The van der Waals surface area contributed by atoms with Crippen LogP contribution < -0.4 is 25.6 Å². The zero-order chi connectivity index (χ0) is 28.3. The number of aryl methyl sites for hydroxylation is 1. The number of anilines is 3. The van der Waals surface area contributed by atoms with Crippen molar-refractivity contribution in [1.82, 2.24) is 35.0 Å². The molecular formula is C27H31FN10O2. The molecule has 3 aromatic heterocycles. The summed E-state index contributed by atoms with van der Waals surface area (Å²) in [4.78, 5) is 32.8. The molecule has 0 bridgehead atoms. The van der Waals surface area contributed by atoms with E-state index in [-0.39, 0.29) is 22.7 Å². The number of ether oxygens (including phenoxy) is 1. The molecule has 0 radical (unpaired) electrons. The molecule has 0 atom stereocenters. The van der Waals surface area contributed by atoms with Crippen LogP contribution in [0.1, 0.15) is 26.6 Å². The lowest BCUT2D eigenvalue weighted by atomic mass is 9.96. The van der Waals surface area contributed by atoms with Gasteiger partial charge in [-0.3, -0.25) is 4.68 Å². The molecule has 2 amide bonds. The smallest absolute Gasteiger partial charge is 0.323 e. The molecule has 1 aliphatic rings. The number of urea groups is 1. The first-order valence-electron chi connectivity index (χ1n) is 12.9. The number of rotatable bonds is 6. The van der Waals surface area contributed by atoms with E-state index < -0.39 is 11.8 Å². The Morgan fingerprint density at radius 2 is 1.82 bits per heavy atom. The molecule has 5 rings (SSSR count). The first-order valence-corrected chi connectivity index (χ1v) is 12.9. The summed E-state index contributed by atoms with van der Waals surface area (Å²) in [7, 11) is 1.80. The van der Waals surface area contributed by atoms with E-state index in [9.17, 15) is 9.18 Å². The topological polar surface area (TPSA) is 135 Å². The number of carbonyl (C=O) groups is 1. The summed E-state index contributed by atoms with van der Waals surface area (Å²) in [6.07, 6.45) is 6.57. The summed E-state index contributed by atoms with van der Waals surface area (Å²) < 4.78 is 22.3. The van der Waals surface area contributed by atoms with Crippen LogP contribution in [-0.2, 0) is 12.5 Å². The van der Waals surface area contributed by atoms with Crippen LogP contribution in [0.4, 0.5) is 26.4 Å². The number of hydrogen-bond acceptors (Lipinski definition) is 9. The number of nitrogens with zero attached hydrogens (tertiary/aromatic N) is 7. The van der Waals surface area contributed by atoms with Crippen molar-refractivity contribution in [2.45, 2.75) is 26.2 Å². The molecule has 4 heterocycles. The molecule has 208 valence electrons. The van der Waals surface area contributed by atoms with Crippen molar-refractivity contribution in [3.8, 4) is 23.0 Å². The molecule has 0 aliphatic carbocycles. The van der Waals surface area contributed by atoms with Crippen LogP contribution in [0.25, 0.3) is 11.4 Å². The Morgan fingerprint density at radius 1 is 1.05 bits per heavy atom. The minimum Gasteiger partial charge on any atom is -0.439 e. The second-order valence-electron chi connectivity index (χ2n) is 10.4. The third kappa shape index (κ3) is 6.31. The van der Waals surface area contributed by atoms with Gasteiger partial charge in [0.1, 0.15) is 23.1 Å². The van der Waals surface area contributed by atoms with Crippen LogP contribution in [0, 0.1) is 5.82 Å². The third-order valence-electron chi connectivity index (χ3n) is 6.11. The van der Waals surface area contributed by atoms with Crippen molar-refractivity contribution >= 4 is 23.2 Å². The zero-order valence-corrected chi connectivity index (χ0v) is 22.8. The van der Waals surface area contributed by atoms with Gasteiger partial charge in [-0.2, -0.15) is 10.1 Å². The van der Waals surface area contributed by atoms with Gasteiger partial charge in [0.05, 0.1) is 23.6 Å². The van der Waals surface area contributed by atoms with Gasteiger partial charge in [0.25, 0.3) is 0 Å². The fraction of sp³-hybridized carbons (Fsp3) is 0.333. The highest BCUT2D eigenvalue weighted by Gasteiger charge is 2.24. The lowest BCUT2D eigenvalue weighted by Crippen LogP contribution is -2.44. The summed E-state index contributed by atoms with van der Waals surface area (Å²) in [6, 6.07) is 5.09. The number of piperazine rings is 1. The monoisotopic (exact) mass is 546 g/mol. The average molecular weight is 547 g/mol. The molecule has 0 saturated carbocycles. The molecule has 1 aliphatic heterocycles. The van der Waals surface area contributed by atoms with Crippen LogP contribution >= 0.6 is 0 Å². The van der Waals surface area contributed by atoms with Crippen molar-refractivity contribution in [1.29, 1.82) is 0 Å². The minimum atomic E-state index is -0.671. The Morgan fingerprint density at radius 3 is 2.52 bits per heavy atom. The van der Waals surface area contributed by atoms with E-state index in [0.717, 1.165) is 31.7 Å². The van der Waals surface area contributed by atoms with Gasteiger partial charge in [-0.25, -0.2) is 24.1 Å². The molecule has 3 N–H and O–H groups in total. The SMILES string of the molecule is Cn1cc(-c2nccc(Oc3ccc(NC(=O)Nc4cnc(C(C)(C)C)nc4N4CCNCC4)c(F)c3)n2)cn1. The van der Waals surface area contributed by atoms with E-state index in [0.29, 0.717) is 23.2 Å². The van der Waals surface area contributed by atoms with Crippen molar-refractivity contribution in [2.24, 2.45) is 7.05 Å². The maximum absolute atomic E-state index is 14.9. The maximum Gasteiger partial charge on any atom is 0.323 e. The fourth-order valence-electron chi connectivity index (χ4n) is 4.07. The molecule has 0 unspecified atom stereocenters. The second-order valence-corrected chi connectivity index (χ2v) is 10.4. The predicted molar refractivity (Wildman–Crippen MR) is 149 cm³/mol. The Kier molecular flexibility index (Phi) is 7.56. The molecular weight excluding hydrogens is 515 g/mol. The highest BCUT2D eigenvalue weighted by Crippen LogP contribution is 2.29. The Labute approximate surface area is 231 Å². The summed E-state index contributed by atoms with van der Waals surface area (Å²) in [5.74, 6) is 1.52. The number of amides is 2. The van der Waals surface area contributed by atoms with Gasteiger partial charge in [-0.05, 0) is 12.1 Å². The van der Waals surface area contributed by atoms with Gasteiger partial charge >= 0.3 is 6.03 Å². The summed E-state index contributed by atoms with van der Waals surface area (Å²) in [5.41, 5.74) is 0.895. The van der Waals surface area contributed by atoms with Crippen molar-refractivity contribution < 1.29 is 13.9 Å². The van der Waals surface area contributed by atoms with Crippen LogP contribution in [-0.4, -0.2) is 61.9 Å². The van der Waals surface area contributed by atoms with E-state index >= 15 is 0 Å². The van der Waals surface area contributed by atoms with Gasteiger partial charge in [0.15, 0.2) is 11.6 Å². The van der Waals surface area contributed by atoms with E-state index in [4.69, 9.17) is 9.72 Å². The lowest BCUT2D eigenvalue weighted by Gasteiger charge is -2.31. The van der Waals surface area contributed by atoms with E-state index in [1.165, 1.54) is 18.2 Å². The second kappa shape index (κ2) is 11.2. The number of aromatic nitrogens is 6. The average Bonchev–Trinajstić information content (AvgIpc) is 3.37. The lowest BCUT2D eigenvalue weighted by molar-refractivity contribution is 0.262. The summed E-state index contributed by atoms with van der Waals surface area (Å²) in [6.45, 7) is 9.19. The standard InChI is InChI=1S/C27H31FN10O2/c1-27(2,3)25-31-15-21(24(36-25)38-11-9-29-10-12-38)34-26(39)33-20-6-5-18(13-19(20)28)40-22-7-8-30-23(35-22)17-14-32-37(4)16-17/h5-8,13-16,29H,9-12H2,1-4H3,(H2,33,34,39). The first-order chi connectivity index (χ1) is 19.2. The Bertz CT molecular complexity index is 1510. The summed E-state index contributed by atoms with van der Waals surface area (Å²) in [5, 5.41) is 12.8. The zero-order valence-electron chi connectivity index (χ0n) is 22.8. The quantitative estimate of drug-likeness (QED) is 0.328. The van der Waals surface area contributed by atoms with Gasteiger partial charge in [0.2, 0.25) is 5.88 Å². The third-order valence-corrected chi connectivity index (χ3v) is 6.11. The Hall–Kier alpha value is -4.65. The molecule has 0 spiro atoms.